The van der Waals surface area contributed by atoms with E-state index < -0.39 is 0 Å². The number of para-hydroxylation sites is 2. The second-order valence-electron chi connectivity index (χ2n) is 4.02. The number of benzene rings is 2. The van der Waals surface area contributed by atoms with Crippen molar-refractivity contribution < 1.29 is 9.13 Å². The highest BCUT2D eigenvalue weighted by Crippen LogP contribution is 2.11. The molecule has 0 atom stereocenters. The summed E-state index contributed by atoms with van der Waals surface area (Å²) in [6.07, 6.45) is 0. The molecule has 0 saturated heterocycles. The Morgan fingerprint density at radius 1 is 1.05 bits per heavy atom. The molecule has 0 saturated carbocycles. The molecule has 0 bridgehead atoms. The van der Waals surface area contributed by atoms with E-state index in [-0.39, 0.29) is 5.82 Å². The molecule has 0 amide bonds. The molecule has 2 rings (SSSR count). The molecular formula is C15H15FN2OS. The molecule has 104 valence electrons. The lowest BCUT2D eigenvalue weighted by atomic mass is 10.3. The number of anilines is 1. The summed E-state index contributed by atoms with van der Waals surface area (Å²) >= 11 is 5.08. The number of rotatable bonds is 5. The van der Waals surface area contributed by atoms with Crippen molar-refractivity contribution in [2.45, 2.75) is 0 Å². The van der Waals surface area contributed by atoms with Crippen molar-refractivity contribution in [3.8, 4) is 5.75 Å². The lowest BCUT2D eigenvalue weighted by molar-refractivity contribution is 0.323. The second-order valence-corrected chi connectivity index (χ2v) is 4.43. The molecule has 0 aliphatic heterocycles. The number of nitrogens with one attached hydrogen (secondary N) is 2. The fourth-order valence-electron chi connectivity index (χ4n) is 1.58. The first-order valence-corrected chi connectivity index (χ1v) is 6.64. The van der Waals surface area contributed by atoms with Gasteiger partial charge in [-0.25, -0.2) is 4.39 Å². The van der Waals surface area contributed by atoms with Crippen LogP contribution in [-0.4, -0.2) is 18.3 Å². The highest BCUT2D eigenvalue weighted by atomic mass is 32.1. The summed E-state index contributed by atoms with van der Waals surface area (Å²) in [4.78, 5) is 0. The summed E-state index contributed by atoms with van der Waals surface area (Å²) in [5, 5.41) is 6.12. The van der Waals surface area contributed by atoms with Crippen LogP contribution in [-0.2, 0) is 0 Å². The third kappa shape index (κ3) is 4.51. The maximum atomic E-state index is 13.4. The molecule has 0 heterocycles. The summed E-state index contributed by atoms with van der Waals surface area (Å²) in [5.41, 5.74) is 0.356. The predicted octanol–water partition coefficient (Wildman–Crippen LogP) is 3.19. The normalized spacial score (nSPS) is 9.85. The number of hydrogen-bond donors (Lipinski definition) is 2. The van der Waals surface area contributed by atoms with E-state index in [1.165, 1.54) is 6.07 Å². The highest BCUT2D eigenvalue weighted by Gasteiger charge is 2.02. The number of thiocarbonyl (C=S) groups is 1. The first kappa shape index (κ1) is 14.3. The zero-order valence-corrected chi connectivity index (χ0v) is 11.6. The van der Waals surface area contributed by atoms with Crippen molar-refractivity contribution in [1.29, 1.82) is 0 Å². The van der Waals surface area contributed by atoms with Gasteiger partial charge in [0, 0.05) is 0 Å². The fourth-order valence-corrected chi connectivity index (χ4v) is 1.79. The molecule has 0 fully saturated rings. The lowest BCUT2D eigenvalue weighted by Crippen LogP contribution is -2.32. The topological polar surface area (TPSA) is 33.3 Å². The molecule has 2 aromatic carbocycles. The van der Waals surface area contributed by atoms with E-state index in [0.717, 1.165) is 5.75 Å². The van der Waals surface area contributed by atoms with Crippen molar-refractivity contribution in [1.82, 2.24) is 5.32 Å². The predicted molar refractivity (Wildman–Crippen MR) is 82.6 cm³/mol. The third-order valence-electron chi connectivity index (χ3n) is 2.52. The summed E-state index contributed by atoms with van der Waals surface area (Å²) < 4.78 is 18.9. The van der Waals surface area contributed by atoms with E-state index in [9.17, 15) is 4.39 Å². The molecule has 0 radical (unpaired) electrons. The van der Waals surface area contributed by atoms with Gasteiger partial charge in [-0.2, -0.15) is 0 Å². The van der Waals surface area contributed by atoms with Crippen molar-refractivity contribution in [3.63, 3.8) is 0 Å². The van der Waals surface area contributed by atoms with Crippen LogP contribution < -0.4 is 15.4 Å². The first-order valence-electron chi connectivity index (χ1n) is 6.23. The van der Waals surface area contributed by atoms with Gasteiger partial charge in [0.15, 0.2) is 5.11 Å². The summed E-state index contributed by atoms with van der Waals surface area (Å²) in [5.74, 6) is 0.472. The minimum Gasteiger partial charge on any atom is -0.492 e. The van der Waals surface area contributed by atoms with Gasteiger partial charge in [0.25, 0.3) is 0 Å². The van der Waals surface area contributed by atoms with Crippen LogP contribution >= 0.6 is 12.2 Å². The molecule has 0 unspecified atom stereocenters. The average Bonchev–Trinajstić information content (AvgIpc) is 2.47. The fraction of sp³-hybridized carbons (Fsp3) is 0.133. The van der Waals surface area contributed by atoms with Crippen molar-refractivity contribution in [3.05, 3.63) is 60.4 Å². The molecule has 2 aromatic rings. The standard InChI is InChI=1S/C15H15FN2OS/c16-13-8-4-5-9-14(13)18-15(20)17-10-11-19-12-6-2-1-3-7-12/h1-9H,10-11H2,(H2,17,18,20). The molecule has 0 spiro atoms. The summed E-state index contributed by atoms with van der Waals surface area (Å²) in [7, 11) is 0. The zero-order chi connectivity index (χ0) is 14.2. The Bertz CT molecular complexity index is 563. The van der Waals surface area contributed by atoms with Crippen LogP contribution in [0, 0.1) is 5.82 Å². The van der Waals surface area contributed by atoms with E-state index in [4.69, 9.17) is 17.0 Å². The average molecular weight is 290 g/mol. The largest absolute Gasteiger partial charge is 0.492 e. The summed E-state index contributed by atoms with van der Waals surface area (Å²) in [6, 6.07) is 15.9. The Balaban J connectivity index is 1.69. The van der Waals surface area contributed by atoms with Crippen LogP contribution in [0.4, 0.5) is 10.1 Å². The van der Waals surface area contributed by atoms with Gasteiger partial charge in [0.05, 0.1) is 12.2 Å². The zero-order valence-electron chi connectivity index (χ0n) is 10.8. The van der Waals surface area contributed by atoms with E-state index in [0.29, 0.717) is 24.0 Å². The summed E-state index contributed by atoms with van der Waals surface area (Å²) in [6.45, 7) is 1.01. The third-order valence-corrected chi connectivity index (χ3v) is 2.77. The molecular weight excluding hydrogens is 275 g/mol. The number of hydrogen-bond acceptors (Lipinski definition) is 2. The van der Waals surface area contributed by atoms with Gasteiger partial charge in [-0.1, -0.05) is 30.3 Å². The highest BCUT2D eigenvalue weighted by molar-refractivity contribution is 7.80. The van der Waals surface area contributed by atoms with Gasteiger partial charge in [-0.05, 0) is 36.5 Å². The maximum Gasteiger partial charge on any atom is 0.170 e. The smallest absolute Gasteiger partial charge is 0.170 e. The van der Waals surface area contributed by atoms with Gasteiger partial charge in [-0.15, -0.1) is 0 Å². The minimum atomic E-state index is -0.336. The van der Waals surface area contributed by atoms with Gasteiger partial charge in [0.2, 0.25) is 0 Å². The number of halogens is 1. The Kier molecular flexibility index (Phi) is 5.32. The van der Waals surface area contributed by atoms with Gasteiger partial charge in [0.1, 0.15) is 18.2 Å². The molecule has 0 aliphatic rings. The Morgan fingerprint density at radius 2 is 1.75 bits per heavy atom. The van der Waals surface area contributed by atoms with Crippen LogP contribution in [0.15, 0.2) is 54.6 Å². The molecule has 0 aromatic heterocycles. The lowest BCUT2D eigenvalue weighted by Gasteiger charge is -2.11. The van der Waals surface area contributed by atoms with Crippen molar-refractivity contribution >= 4 is 23.0 Å². The Morgan fingerprint density at radius 3 is 2.50 bits per heavy atom. The molecule has 0 aliphatic carbocycles. The number of ether oxygens (including phenoxy) is 1. The van der Waals surface area contributed by atoms with E-state index in [2.05, 4.69) is 10.6 Å². The molecule has 3 nitrogen and oxygen atoms in total. The van der Waals surface area contributed by atoms with E-state index >= 15 is 0 Å². The van der Waals surface area contributed by atoms with Crippen LogP contribution in [0.25, 0.3) is 0 Å². The van der Waals surface area contributed by atoms with Crippen LogP contribution in [0.1, 0.15) is 0 Å². The monoisotopic (exact) mass is 290 g/mol. The van der Waals surface area contributed by atoms with Crippen molar-refractivity contribution in [2.24, 2.45) is 0 Å². The molecule has 20 heavy (non-hydrogen) atoms. The maximum absolute atomic E-state index is 13.4. The first-order chi connectivity index (χ1) is 9.75. The minimum absolute atomic E-state index is 0.336. The van der Waals surface area contributed by atoms with Gasteiger partial charge >= 0.3 is 0 Å². The second kappa shape index (κ2) is 7.45. The molecule has 2 N–H and O–H groups in total. The quantitative estimate of drug-likeness (QED) is 0.654. The Hall–Kier alpha value is -2.14. The Labute approximate surface area is 122 Å². The van der Waals surface area contributed by atoms with E-state index in [1.807, 2.05) is 30.3 Å². The van der Waals surface area contributed by atoms with Gasteiger partial charge in [-0.3, -0.25) is 0 Å². The van der Waals surface area contributed by atoms with Crippen molar-refractivity contribution in [2.75, 3.05) is 18.5 Å². The van der Waals surface area contributed by atoms with Crippen LogP contribution in [0.2, 0.25) is 0 Å². The van der Waals surface area contributed by atoms with Gasteiger partial charge < -0.3 is 15.4 Å². The van der Waals surface area contributed by atoms with Crippen LogP contribution in [0.3, 0.4) is 0 Å². The van der Waals surface area contributed by atoms with E-state index in [1.54, 1.807) is 18.2 Å². The SMILES string of the molecule is Fc1ccccc1NC(=S)NCCOc1ccccc1. The van der Waals surface area contributed by atoms with Crippen LogP contribution in [0.5, 0.6) is 5.75 Å². The molecule has 5 heteroatoms.